The van der Waals surface area contributed by atoms with Gasteiger partial charge in [0.25, 0.3) is 0 Å². The molecule has 1 aliphatic rings. The first-order valence-corrected chi connectivity index (χ1v) is 5.52. The fourth-order valence-electron chi connectivity index (χ4n) is 1.92. The summed E-state index contributed by atoms with van der Waals surface area (Å²) >= 11 is 0. The average Bonchev–Trinajstić information content (AvgIpc) is 2.31. The Hall–Kier alpha value is -1.26. The van der Waals surface area contributed by atoms with Crippen LogP contribution >= 0.6 is 0 Å². The number of benzene rings is 1. The molecule has 2 rings (SSSR count). The van der Waals surface area contributed by atoms with Gasteiger partial charge in [-0.15, -0.1) is 0 Å². The van der Waals surface area contributed by atoms with Crippen molar-refractivity contribution in [3.8, 4) is 5.75 Å². The van der Waals surface area contributed by atoms with Crippen LogP contribution in [0.1, 0.15) is 5.56 Å². The molecule has 88 valence electrons. The van der Waals surface area contributed by atoms with Crippen LogP contribution in [0.5, 0.6) is 5.75 Å². The summed E-state index contributed by atoms with van der Waals surface area (Å²) in [5, 5.41) is 0. The minimum Gasteiger partial charge on any atom is -0.496 e. The number of methoxy groups -OCH3 is 1. The molecular formula is C12H18N2O2. The third kappa shape index (κ3) is 2.65. The van der Waals surface area contributed by atoms with Crippen LogP contribution in [0.3, 0.4) is 0 Å². The van der Waals surface area contributed by atoms with E-state index in [1.807, 2.05) is 18.2 Å². The first-order chi connectivity index (χ1) is 7.79. The van der Waals surface area contributed by atoms with Crippen LogP contribution in [0.15, 0.2) is 18.2 Å². The lowest BCUT2D eigenvalue weighted by Gasteiger charge is -2.27. The van der Waals surface area contributed by atoms with Crippen molar-refractivity contribution in [2.75, 3.05) is 39.1 Å². The molecule has 4 heteroatoms. The van der Waals surface area contributed by atoms with E-state index in [1.165, 1.54) is 0 Å². The Morgan fingerprint density at radius 1 is 1.38 bits per heavy atom. The van der Waals surface area contributed by atoms with Crippen molar-refractivity contribution >= 4 is 5.69 Å². The minimum atomic E-state index is 0.782. The number of nitrogens with two attached hydrogens (primary N) is 1. The number of morpholine rings is 1. The van der Waals surface area contributed by atoms with Crippen molar-refractivity contribution in [2.24, 2.45) is 0 Å². The highest BCUT2D eigenvalue weighted by atomic mass is 16.5. The molecule has 1 fully saturated rings. The van der Waals surface area contributed by atoms with E-state index in [2.05, 4.69) is 4.90 Å². The van der Waals surface area contributed by atoms with Gasteiger partial charge >= 0.3 is 0 Å². The average molecular weight is 222 g/mol. The molecule has 0 bridgehead atoms. The van der Waals surface area contributed by atoms with Gasteiger partial charge in [0.2, 0.25) is 0 Å². The van der Waals surface area contributed by atoms with Gasteiger partial charge in [-0.05, 0) is 18.2 Å². The molecule has 0 aromatic heterocycles. The Morgan fingerprint density at radius 3 is 2.81 bits per heavy atom. The first kappa shape index (κ1) is 11.2. The smallest absolute Gasteiger partial charge is 0.123 e. The molecule has 0 aliphatic carbocycles. The lowest BCUT2D eigenvalue weighted by molar-refractivity contribution is 0.0339. The number of hydrogen-bond acceptors (Lipinski definition) is 4. The summed E-state index contributed by atoms with van der Waals surface area (Å²) in [5.74, 6) is 0.903. The van der Waals surface area contributed by atoms with Crippen LogP contribution in [-0.4, -0.2) is 38.3 Å². The maximum absolute atomic E-state index is 5.79. The molecule has 0 amide bonds. The summed E-state index contributed by atoms with van der Waals surface area (Å²) in [5.41, 5.74) is 7.71. The third-order valence-corrected chi connectivity index (χ3v) is 2.80. The fourth-order valence-corrected chi connectivity index (χ4v) is 1.92. The monoisotopic (exact) mass is 222 g/mol. The van der Waals surface area contributed by atoms with E-state index >= 15 is 0 Å². The second-order valence-corrected chi connectivity index (χ2v) is 3.96. The molecule has 2 N–H and O–H groups in total. The minimum absolute atomic E-state index is 0.782. The highest BCUT2D eigenvalue weighted by Crippen LogP contribution is 2.22. The van der Waals surface area contributed by atoms with Crippen molar-refractivity contribution in [3.05, 3.63) is 23.8 Å². The molecule has 1 aromatic rings. The van der Waals surface area contributed by atoms with Gasteiger partial charge in [0.1, 0.15) is 5.75 Å². The Bertz CT molecular complexity index is 349. The van der Waals surface area contributed by atoms with Crippen LogP contribution in [0.4, 0.5) is 5.69 Å². The Balaban J connectivity index is 2.09. The topological polar surface area (TPSA) is 47.7 Å². The van der Waals surface area contributed by atoms with Gasteiger partial charge in [0, 0.05) is 30.9 Å². The maximum atomic E-state index is 5.79. The molecule has 0 atom stereocenters. The maximum Gasteiger partial charge on any atom is 0.123 e. The predicted molar refractivity (Wildman–Crippen MR) is 63.5 cm³/mol. The number of nitrogens with zero attached hydrogens (tertiary/aromatic N) is 1. The molecule has 4 nitrogen and oxygen atoms in total. The van der Waals surface area contributed by atoms with E-state index < -0.39 is 0 Å². The van der Waals surface area contributed by atoms with E-state index in [-0.39, 0.29) is 0 Å². The van der Waals surface area contributed by atoms with Gasteiger partial charge in [-0.3, -0.25) is 4.90 Å². The van der Waals surface area contributed by atoms with Gasteiger partial charge < -0.3 is 15.2 Å². The second kappa shape index (κ2) is 5.18. The van der Waals surface area contributed by atoms with Crippen molar-refractivity contribution in [2.45, 2.75) is 6.54 Å². The molecular weight excluding hydrogens is 204 g/mol. The fraction of sp³-hybridized carbons (Fsp3) is 0.500. The molecule has 16 heavy (non-hydrogen) atoms. The number of hydrogen-bond donors (Lipinski definition) is 1. The van der Waals surface area contributed by atoms with Crippen LogP contribution in [-0.2, 0) is 11.3 Å². The predicted octanol–water partition coefficient (Wildman–Crippen LogP) is 1.11. The van der Waals surface area contributed by atoms with E-state index in [0.29, 0.717) is 0 Å². The SMILES string of the molecule is COc1ccc(N)cc1CN1CCOCC1. The standard InChI is InChI=1S/C12H18N2O2/c1-15-12-3-2-11(13)8-10(12)9-14-4-6-16-7-5-14/h2-3,8H,4-7,9,13H2,1H3. The van der Waals surface area contributed by atoms with E-state index in [1.54, 1.807) is 7.11 Å². The quantitative estimate of drug-likeness (QED) is 0.778. The number of rotatable bonds is 3. The molecule has 0 radical (unpaired) electrons. The summed E-state index contributed by atoms with van der Waals surface area (Å²) in [6.45, 7) is 4.43. The highest BCUT2D eigenvalue weighted by molar-refractivity contribution is 5.47. The van der Waals surface area contributed by atoms with Crippen LogP contribution < -0.4 is 10.5 Å². The second-order valence-electron chi connectivity index (χ2n) is 3.96. The van der Waals surface area contributed by atoms with E-state index in [4.69, 9.17) is 15.2 Å². The Labute approximate surface area is 95.9 Å². The van der Waals surface area contributed by atoms with Crippen molar-refractivity contribution in [3.63, 3.8) is 0 Å². The lowest BCUT2D eigenvalue weighted by atomic mass is 10.1. The normalized spacial score (nSPS) is 17.3. The van der Waals surface area contributed by atoms with Gasteiger partial charge in [0.05, 0.1) is 20.3 Å². The summed E-state index contributed by atoms with van der Waals surface area (Å²) in [6, 6.07) is 5.76. The molecule has 0 unspecified atom stereocenters. The summed E-state index contributed by atoms with van der Waals surface area (Å²) in [4.78, 5) is 2.35. The summed E-state index contributed by atoms with van der Waals surface area (Å²) < 4.78 is 10.6. The summed E-state index contributed by atoms with van der Waals surface area (Å²) in [6.07, 6.45) is 0. The van der Waals surface area contributed by atoms with Crippen molar-refractivity contribution in [1.29, 1.82) is 0 Å². The third-order valence-electron chi connectivity index (χ3n) is 2.80. The zero-order valence-electron chi connectivity index (χ0n) is 9.61. The first-order valence-electron chi connectivity index (χ1n) is 5.52. The van der Waals surface area contributed by atoms with Gasteiger partial charge in [-0.1, -0.05) is 0 Å². The van der Waals surface area contributed by atoms with Gasteiger partial charge in [0.15, 0.2) is 0 Å². The molecule has 1 heterocycles. The van der Waals surface area contributed by atoms with Crippen LogP contribution in [0, 0.1) is 0 Å². The summed E-state index contributed by atoms with van der Waals surface area (Å²) in [7, 11) is 1.69. The van der Waals surface area contributed by atoms with E-state index in [9.17, 15) is 0 Å². The molecule has 1 aromatic carbocycles. The Kier molecular flexibility index (Phi) is 3.64. The van der Waals surface area contributed by atoms with Crippen molar-refractivity contribution < 1.29 is 9.47 Å². The van der Waals surface area contributed by atoms with Gasteiger partial charge in [-0.2, -0.15) is 0 Å². The van der Waals surface area contributed by atoms with Gasteiger partial charge in [-0.25, -0.2) is 0 Å². The number of nitrogen functional groups attached to an aromatic ring is 1. The Morgan fingerprint density at radius 2 is 2.12 bits per heavy atom. The largest absolute Gasteiger partial charge is 0.496 e. The van der Waals surface area contributed by atoms with Crippen LogP contribution in [0.2, 0.25) is 0 Å². The zero-order valence-corrected chi connectivity index (χ0v) is 9.61. The number of ether oxygens (including phenoxy) is 2. The zero-order chi connectivity index (χ0) is 11.4. The van der Waals surface area contributed by atoms with Crippen molar-refractivity contribution in [1.82, 2.24) is 4.90 Å². The highest BCUT2D eigenvalue weighted by Gasteiger charge is 2.13. The molecule has 1 aliphatic heterocycles. The molecule has 0 saturated carbocycles. The number of anilines is 1. The molecule has 0 spiro atoms. The molecule has 1 saturated heterocycles. The van der Waals surface area contributed by atoms with Crippen LogP contribution in [0.25, 0.3) is 0 Å². The lowest BCUT2D eigenvalue weighted by Crippen LogP contribution is -2.35. The van der Waals surface area contributed by atoms with E-state index in [0.717, 1.165) is 49.8 Å².